The summed E-state index contributed by atoms with van der Waals surface area (Å²) in [6.45, 7) is 0. The van der Waals surface area contributed by atoms with Crippen molar-refractivity contribution in [1.29, 1.82) is 5.26 Å². The number of rotatable bonds is 2. The van der Waals surface area contributed by atoms with Crippen molar-refractivity contribution in [2.24, 2.45) is 12.5 Å². The van der Waals surface area contributed by atoms with E-state index in [2.05, 4.69) is 16.5 Å². The second-order valence-electron chi connectivity index (χ2n) is 4.23. The summed E-state index contributed by atoms with van der Waals surface area (Å²) in [6, 6.07) is 3.88. The van der Waals surface area contributed by atoms with E-state index in [1.807, 2.05) is 0 Å². The van der Waals surface area contributed by atoms with Crippen molar-refractivity contribution in [1.82, 2.24) is 9.78 Å². The summed E-state index contributed by atoms with van der Waals surface area (Å²) in [5.74, 6) is 0.292. The molecule has 0 unspecified atom stereocenters. The van der Waals surface area contributed by atoms with Gasteiger partial charge in [0.05, 0.1) is 6.07 Å². The van der Waals surface area contributed by atoms with Gasteiger partial charge in [-0.2, -0.15) is 10.4 Å². The number of nitrogens with zero attached hydrogens (tertiary/aromatic N) is 3. The summed E-state index contributed by atoms with van der Waals surface area (Å²) in [4.78, 5) is 12.0. The summed E-state index contributed by atoms with van der Waals surface area (Å²) in [6.07, 6.45) is 4.96. The lowest BCUT2D eigenvalue weighted by Gasteiger charge is -2.17. The molecule has 16 heavy (non-hydrogen) atoms. The van der Waals surface area contributed by atoms with Gasteiger partial charge in [-0.25, -0.2) is 0 Å². The molecule has 84 valence electrons. The molecule has 0 aliphatic heterocycles. The number of hydrogen-bond donors (Lipinski definition) is 1. The summed E-state index contributed by atoms with van der Waals surface area (Å²) < 4.78 is 1.61. The van der Waals surface area contributed by atoms with E-state index in [1.54, 1.807) is 24.0 Å². The molecule has 1 aliphatic rings. The predicted molar refractivity (Wildman–Crippen MR) is 58.4 cm³/mol. The molecule has 1 saturated carbocycles. The van der Waals surface area contributed by atoms with Crippen molar-refractivity contribution in [3.63, 3.8) is 0 Å². The lowest BCUT2D eigenvalue weighted by molar-refractivity contribution is -0.122. The van der Waals surface area contributed by atoms with Gasteiger partial charge in [0.2, 0.25) is 5.91 Å². The molecule has 5 heteroatoms. The molecule has 1 heterocycles. The van der Waals surface area contributed by atoms with Gasteiger partial charge in [0.15, 0.2) is 5.82 Å². The molecule has 0 spiro atoms. The zero-order chi connectivity index (χ0) is 11.6. The first kappa shape index (κ1) is 10.7. The van der Waals surface area contributed by atoms with Crippen LogP contribution in [0.25, 0.3) is 0 Å². The van der Waals surface area contributed by atoms with E-state index in [0.717, 1.165) is 12.8 Å². The highest BCUT2D eigenvalue weighted by Crippen LogP contribution is 2.38. The Balaban J connectivity index is 2.11. The Bertz CT molecular complexity index is 437. The summed E-state index contributed by atoms with van der Waals surface area (Å²) in [5, 5.41) is 15.9. The fourth-order valence-electron chi connectivity index (χ4n) is 2.09. The first-order valence-electron chi connectivity index (χ1n) is 5.39. The van der Waals surface area contributed by atoms with Crippen LogP contribution in [0.2, 0.25) is 0 Å². The topological polar surface area (TPSA) is 70.7 Å². The van der Waals surface area contributed by atoms with Crippen LogP contribution < -0.4 is 5.32 Å². The summed E-state index contributed by atoms with van der Waals surface area (Å²) in [7, 11) is 1.78. The smallest absolute Gasteiger partial charge is 0.246 e. The molecule has 1 aromatic rings. The summed E-state index contributed by atoms with van der Waals surface area (Å²) in [5.41, 5.74) is -0.836. The number of carbonyl (C=O) groups is 1. The molecule has 1 amide bonds. The van der Waals surface area contributed by atoms with Crippen molar-refractivity contribution in [2.75, 3.05) is 5.32 Å². The Morgan fingerprint density at radius 3 is 2.81 bits per heavy atom. The molecule has 0 radical (unpaired) electrons. The van der Waals surface area contributed by atoms with Gasteiger partial charge < -0.3 is 5.32 Å². The average Bonchev–Trinajstić information content (AvgIpc) is 2.88. The Kier molecular flexibility index (Phi) is 2.65. The van der Waals surface area contributed by atoms with Crippen molar-refractivity contribution in [3.8, 4) is 6.07 Å². The standard InChI is InChI=1S/C11H14N4O/c1-15-7-4-9(14-15)13-10(16)11(8-12)5-2-3-6-11/h4,7H,2-3,5-6H2,1H3,(H,13,14,16). The predicted octanol–water partition coefficient (Wildman–Crippen LogP) is 1.44. The van der Waals surface area contributed by atoms with Crippen LogP contribution in [0.5, 0.6) is 0 Å². The van der Waals surface area contributed by atoms with E-state index in [-0.39, 0.29) is 5.91 Å². The minimum atomic E-state index is -0.836. The molecule has 1 aliphatic carbocycles. The van der Waals surface area contributed by atoms with Crippen molar-refractivity contribution in [2.45, 2.75) is 25.7 Å². The lowest BCUT2D eigenvalue weighted by Crippen LogP contribution is -2.32. The first-order chi connectivity index (χ1) is 7.66. The van der Waals surface area contributed by atoms with Crippen molar-refractivity contribution in [3.05, 3.63) is 12.3 Å². The van der Waals surface area contributed by atoms with Crippen LogP contribution in [0.1, 0.15) is 25.7 Å². The number of anilines is 1. The maximum Gasteiger partial charge on any atom is 0.246 e. The number of amides is 1. The summed E-state index contributed by atoms with van der Waals surface area (Å²) >= 11 is 0. The molecule has 5 nitrogen and oxygen atoms in total. The zero-order valence-electron chi connectivity index (χ0n) is 9.23. The quantitative estimate of drug-likeness (QED) is 0.816. The van der Waals surface area contributed by atoms with Crippen LogP contribution in [0.4, 0.5) is 5.82 Å². The van der Waals surface area contributed by atoms with Gasteiger partial charge in [0.1, 0.15) is 5.41 Å². The Hall–Kier alpha value is -1.83. The average molecular weight is 218 g/mol. The minimum absolute atomic E-state index is 0.216. The highest BCUT2D eigenvalue weighted by atomic mass is 16.2. The fraction of sp³-hybridized carbons (Fsp3) is 0.545. The van der Waals surface area contributed by atoms with Crippen LogP contribution in [0.3, 0.4) is 0 Å². The molecule has 0 aromatic carbocycles. The van der Waals surface area contributed by atoms with Gasteiger partial charge in [0.25, 0.3) is 0 Å². The molecular weight excluding hydrogens is 204 g/mol. The van der Waals surface area contributed by atoms with E-state index < -0.39 is 5.41 Å². The van der Waals surface area contributed by atoms with E-state index in [4.69, 9.17) is 5.26 Å². The van der Waals surface area contributed by atoms with E-state index in [9.17, 15) is 4.79 Å². The normalized spacial score (nSPS) is 18.0. The molecule has 1 aromatic heterocycles. The highest BCUT2D eigenvalue weighted by Gasteiger charge is 2.41. The van der Waals surface area contributed by atoms with Crippen LogP contribution in [0.15, 0.2) is 12.3 Å². The number of nitriles is 1. The molecule has 0 saturated heterocycles. The number of nitrogens with one attached hydrogen (secondary N) is 1. The van der Waals surface area contributed by atoms with Gasteiger partial charge in [-0.3, -0.25) is 9.48 Å². The minimum Gasteiger partial charge on any atom is -0.308 e. The fourth-order valence-corrected chi connectivity index (χ4v) is 2.09. The van der Waals surface area contributed by atoms with Gasteiger partial charge in [-0.15, -0.1) is 0 Å². The molecule has 1 N–H and O–H groups in total. The van der Waals surface area contributed by atoms with Crippen LogP contribution >= 0.6 is 0 Å². The molecular formula is C11H14N4O. The maximum absolute atomic E-state index is 12.0. The largest absolute Gasteiger partial charge is 0.308 e. The zero-order valence-corrected chi connectivity index (χ0v) is 9.23. The lowest BCUT2D eigenvalue weighted by atomic mass is 9.87. The first-order valence-corrected chi connectivity index (χ1v) is 5.39. The monoisotopic (exact) mass is 218 g/mol. The SMILES string of the molecule is Cn1ccc(NC(=O)C2(C#N)CCCC2)n1. The van der Waals surface area contributed by atoms with E-state index >= 15 is 0 Å². The van der Waals surface area contributed by atoms with Crippen molar-refractivity contribution >= 4 is 11.7 Å². The second kappa shape index (κ2) is 3.97. The third-order valence-electron chi connectivity index (χ3n) is 3.06. The van der Waals surface area contributed by atoms with E-state index in [1.165, 1.54) is 0 Å². The molecule has 0 bridgehead atoms. The number of carbonyl (C=O) groups excluding carboxylic acids is 1. The second-order valence-corrected chi connectivity index (χ2v) is 4.23. The highest BCUT2D eigenvalue weighted by molar-refractivity contribution is 5.96. The van der Waals surface area contributed by atoms with Crippen LogP contribution in [-0.4, -0.2) is 15.7 Å². The molecule has 2 rings (SSSR count). The van der Waals surface area contributed by atoms with Gasteiger partial charge in [0, 0.05) is 19.3 Å². The number of hydrogen-bond acceptors (Lipinski definition) is 3. The Morgan fingerprint density at radius 2 is 2.31 bits per heavy atom. The van der Waals surface area contributed by atoms with Gasteiger partial charge >= 0.3 is 0 Å². The Morgan fingerprint density at radius 1 is 1.62 bits per heavy atom. The van der Waals surface area contributed by atoms with Crippen molar-refractivity contribution < 1.29 is 4.79 Å². The third kappa shape index (κ3) is 1.78. The van der Waals surface area contributed by atoms with Gasteiger partial charge in [-0.05, 0) is 12.8 Å². The molecule has 0 atom stereocenters. The number of aromatic nitrogens is 2. The third-order valence-corrected chi connectivity index (χ3v) is 3.06. The van der Waals surface area contributed by atoms with E-state index in [0.29, 0.717) is 18.7 Å². The molecule has 1 fully saturated rings. The van der Waals surface area contributed by atoms with Crippen LogP contribution in [-0.2, 0) is 11.8 Å². The Labute approximate surface area is 94.1 Å². The number of aryl methyl sites for hydroxylation is 1. The van der Waals surface area contributed by atoms with Gasteiger partial charge in [-0.1, -0.05) is 12.8 Å². The maximum atomic E-state index is 12.0. The van der Waals surface area contributed by atoms with Crippen LogP contribution in [0, 0.1) is 16.7 Å².